The van der Waals surface area contributed by atoms with Gasteiger partial charge in [0, 0.05) is 11.0 Å². The summed E-state index contributed by atoms with van der Waals surface area (Å²) in [7, 11) is 0. The lowest BCUT2D eigenvalue weighted by Gasteiger charge is -2.25. The van der Waals surface area contributed by atoms with Crippen molar-refractivity contribution in [3.8, 4) is 0 Å². The summed E-state index contributed by atoms with van der Waals surface area (Å²) in [6.07, 6.45) is -1.87. The average Bonchev–Trinajstić information content (AvgIpc) is 2.16. The molecule has 1 N–H and O–H groups in total. The van der Waals surface area contributed by atoms with Crippen molar-refractivity contribution >= 4 is 15.9 Å². The molecule has 1 nitrogen and oxygen atoms in total. The molecule has 1 aliphatic heterocycles. The van der Waals surface area contributed by atoms with E-state index in [1.807, 2.05) is 18.2 Å². The van der Waals surface area contributed by atoms with E-state index in [4.69, 9.17) is 0 Å². The molecule has 0 fully saturated rings. The van der Waals surface area contributed by atoms with Gasteiger partial charge in [-0.2, -0.15) is 0 Å². The molecule has 1 aromatic rings. The molecule has 0 aliphatic carbocycles. The first-order valence-corrected chi connectivity index (χ1v) is 5.25. The second-order valence-corrected chi connectivity index (χ2v) is 4.35. The third-order valence-electron chi connectivity index (χ3n) is 2.47. The van der Waals surface area contributed by atoms with Crippen molar-refractivity contribution in [2.75, 3.05) is 0 Å². The molecule has 0 radical (unpaired) electrons. The van der Waals surface area contributed by atoms with Crippen LogP contribution in [-0.2, 0) is 13.0 Å². The normalized spacial score (nSPS) is 21.0. The highest BCUT2D eigenvalue weighted by Gasteiger charge is 2.25. The lowest BCUT2D eigenvalue weighted by molar-refractivity contribution is 0.0942. The number of alkyl halides is 2. The Balaban J connectivity index is 2.23. The van der Waals surface area contributed by atoms with Gasteiger partial charge in [0.25, 0.3) is 6.43 Å². The molecule has 1 heterocycles. The van der Waals surface area contributed by atoms with Crippen LogP contribution in [0.3, 0.4) is 0 Å². The number of hydrogen-bond donors (Lipinski definition) is 1. The predicted molar refractivity (Wildman–Crippen MR) is 54.5 cm³/mol. The second-order valence-electron chi connectivity index (χ2n) is 3.44. The van der Waals surface area contributed by atoms with Crippen molar-refractivity contribution in [2.45, 2.75) is 25.4 Å². The number of fused-ring (bicyclic) bond motifs is 1. The molecule has 0 amide bonds. The van der Waals surface area contributed by atoms with Crippen LogP contribution in [0.4, 0.5) is 8.78 Å². The monoisotopic (exact) mass is 261 g/mol. The fraction of sp³-hybridized carbons (Fsp3) is 0.400. The van der Waals surface area contributed by atoms with E-state index in [2.05, 4.69) is 21.2 Å². The van der Waals surface area contributed by atoms with Crippen LogP contribution in [-0.4, -0.2) is 12.5 Å². The fourth-order valence-corrected chi connectivity index (χ4v) is 2.10. The third-order valence-corrected chi connectivity index (χ3v) is 2.96. The summed E-state index contributed by atoms with van der Waals surface area (Å²) in [6.45, 7) is 0.532. The van der Waals surface area contributed by atoms with Crippen molar-refractivity contribution in [1.29, 1.82) is 0 Å². The van der Waals surface area contributed by atoms with Crippen LogP contribution in [0.5, 0.6) is 0 Å². The van der Waals surface area contributed by atoms with E-state index in [9.17, 15) is 8.78 Å². The van der Waals surface area contributed by atoms with Gasteiger partial charge in [-0.15, -0.1) is 0 Å². The van der Waals surface area contributed by atoms with Gasteiger partial charge in [-0.3, -0.25) is 0 Å². The molecule has 0 saturated heterocycles. The molecule has 14 heavy (non-hydrogen) atoms. The molecule has 1 aromatic carbocycles. The number of hydrogen-bond acceptors (Lipinski definition) is 1. The summed E-state index contributed by atoms with van der Waals surface area (Å²) in [5.41, 5.74) is 2.13. The Hall–Kier alpha value is -0.480. The van der Waals surface area contributed by atoms with Crippen molar-refractivity contribution in [1.82, 2.24) is 5.32 Å². The maximum Gasteiger partial charge on any atom is 0.254 e. The van der Waals surface area contributed by atoms with Gasteiger partial charge in [-0.05, 0) is 29.7 Å². The van der Waals surface area contributed by atoms with E-state index >= 15 is 0 Å². The summed E-state index contributed by atoms with van der Waals surface area (Å²) in [5, 5.41) is 2.83. The van der Waals surface area contributed by atoms with Gasteiger partial charge in [0.2, 0.25) is 0 Å². The van der Waals surface area contributed by atoms with Crippen LogP contribution < -0.4 is 5.32 Å². The van der Waals surface area contributed by atoms with Gasteiger partial charge < -0.3 is 5.32 Å². The van der Waals surface area contributed by atoms with Crippen LogP contribution in [0.1, 0.15) is 11.1 Å². The number of benzene rings is 1. The highest BCUT2D eigenvalue weighted by Crippen LogP contribution is 2.23. The molecular weight excluding hydrogens is 252 g/mol. The predicted octanol–water partition coefficient (Wildman–Crippen LogP) is 2.73. The largest absolute Gasteiger partial charge is 0.304 e. The SMILES string of the molecule is FC(F)[C@@H]1Cc2ccc(Br)cc2CN1. The molecule has 1 atom stereocenters. The fourth-order valence-electron chi connectivity index (χ4n) is 1.69. The van der Waals surface area contributed by atoms with E-state index in [1.165, 1.54) is 0 Å². The van der Waals surface area contributed by atoms with Crippen molar-refractivity contribution < 1.29 is 8.78 Å². The molecular formula is C10H10BrF2N. The van der Waals surface area contributed by atoms with Crippen molar-refractivity contribution in [3.05, 3.63) is 33.8 Å². The van der Waals surface area contributed by atoms with Gasteiger partial charge in [0.05, 0.1) is 6.04 Å². The lowest BCUT2D eigenvalue weighted by atomic mass is 9.96. The summed E-state index contributed by atoms with van der Waals surface area (Å²) in [4.78, 5) is 0. The Morgan fingerprint density at radius 1 is 1.36 bits per heavy atom. The second kappa shape index (κ2) is 3.95. The minimum atomic E-state index is -2.29. The summed E-state index contributed by atoms with van der Waals surface area (Å²) < 4.78 is 25.8. The molecule has 2 rings (SSSR count). The molecule has 4 heteroatoms. The summed E-state index contributed by atoms with van der Waals surface area (Å²) >= 11 is 3.36. The van der Waals surface area contributed by atoms with Gasteiger partial charge in [0.15, 0.2) is 0 Å². The smallest absolute Gasteiger partial charge is 0.254 e. The molecule has 1 aliphatic rings. The van der Waals surface area contributed by atoms with Crippen LogP contribution >= 0.6 is 15.9 Å². The highest BCUT2D eigenvalue weighted by atomic mass is 79.9. The molecule has 0 saturated carbocycles. The van der Waals surface area contributed by atoms with Gasteiger partial charge in [0.1, 0.15) is 0 Å². The first-order chi connectivity index (χ1) is 6.66. The quantitative estimate of drug-likeness (QED) is 0.820. The van der Waals surface area contributed by atoms with E-state index in [0.717, 1.165) is 15.6 Å². The van der Waals surface area contributed by atoms with Crippen molar-refractivity contribution in [3.63, 3.8) is 0 Å². The first-order valence-electron chi connectivity index (χ1n) is 4.45. The zero-order chi connectivity index (χ0) is 10.1. The number of halogens is 3. The highest BCUT2D eigenvalue weighted by molar-refractivity contribution is 9.10. The number of rotatable bonds is 1. The average molecular weight is 262 g/mol. The summed E-state index contributed by atoms with van der Waals surface area (Å²) in [6, 6.07) is 5.09. The Labute approximate surface area is 89.6 Å². The standard InChI is InChI=1S/C10H10BrF2N/c11-8-2-1-6-4-9(10(12)13)14-5-7(6)3-8/h1-3,9-10,14H,4-5H2/t9-/m0/s1. The third kappa shape index (κ3) is 1.96. The molecule has 0 unspecified atom stereocenters. The van der Waals surface area contributed by atoms with E-state index in [1.54, 1.807) is 0 Å². The van der Waals surface area contributed by atoms with Crippen LogP contribution in [0.2, 0.25) is 0 Å². The van der Waals surface area contributed by atoms with Crippen LogP contribution in [0.25, 0.3) is 0 Å². The maximum absolute atomic E-state index is 12.4. The Kier molecular flexibility index (Phi) is 2.83. The topological polar surface area (TPSA) is 12.0 Å². The molecule has 76 valence electrons. The van der Waals surface area contributed by atoms with Gasteiger partial charge >= 0.3 is 0 Å². The van der Waals surface area contributed by atoms with Crippen molar-refractivity contribution in [2.24, 2.45) is 0 Å². The zero-order valence-corrected chi connectivity index (χ0v) is 9.02. The van der Waals surface area contributed by atoms with E-state index in [0.29, 0.717) is 13.0 Å². The Morgan fingerprint density at radius 3 is 2.86 bits per heavy atom. The molecule has 0 bridgehead atoms. The van der Waals surface area contributed by atoms with E-state index < -0.39 is 12.5 Å². The maximum atomic E-state index is 12.4. The minimum absolute atomic E-state index is 0.417. The van der Waals surface area contributed by atoms with Gasteiger partial charge in [-0.25, -0.2) is 8.78 Å². The zero-order valence-electron chi connectivity index (χ0n) is 7.43. The molecule has 0 spiro atoms. The Morgan fingerprint density at radius 2 is 2.14 bits per heavy atom. The minimum Gasteiger partial charge on any atom is -0.304 e. The first kappa shape index (κ1) is 10.1. The van der Waals surface area contributed by atoms with Gasteiger partial charge in [-0.1, -0.05) is 22.0 Å². The molecule has 0 aromatic heterocycles. The summed E-state index contributed by atoms with van der Waals surface area (Å²) in [5.74, 6) is 0. The van der Waals surface area contributed by atoms with Crippen LogP contribution in [0, 0.1) is 0 Å². The number of nitrogens with one attached hydrogen (secondary N) is 1. The Bertz CT molecular complexity index is 341. The lowest BCUT2D eigenvalue weighted by Crippen LogP contribution is -2.40. The van der Waals surface area contributed by atoms with E-state index in [-0.39, 0.29) is 0 Å². The van der Waals surface area contributed by atoms with Crippen LogP contribution in [0.15, 0.2) is 22.7 Å².